The molecule has 0 amide bonds. The second-order valence-corrected chi connectivity index (χ2v) is 6.55. The molecule has 0 aromatic carbocycles. The Morgan fingerprint density at radius 2 is 2.04 bits per heavy atom. The number of hydrogen-bond donors (Lipinski definition) is 3. The van der Waals surface area contributed by atoms with E-state index < -0.39 is 11.2 Å². The van der Waals surface area contributed by atoms with Crippen LogP contribution in [0.4, 0.5) is 11.5 Å². The molecule has 0 saturated heterocycles. The first-order valence-corrected chi connectivity index (χ1v) is 8.92. The van der Waals surface area contributed by atoms with Crippen molar-refractivity contribution < 1.29 is 0 Å². The van der Waals surface area contributed by atoms with Gasteiger partial charge in [-0.3, -0.25) is 14.3 Å². The highest BCUT2D eigenvalue weighted by atomic mass is 32.1. The SMILES string of the molecule is CCCCn1c(N)c(N(CCC(C)C)C(=S)NCC)c(=O)[nH]c1=O. The van der Waals surface area contributed by atoms with Gasteiger partial charge in [-0.1, -0.05) is 27.2 Å². The van der Waals surface area contributed by atoms with Crippen LogP contribution < -0.4 is 27.2 Å². The Bertz CT molecular complexity index is 665. The summed E-state index contributed by atoms with van der Waals surface area (Å²) in [6.07, 6.45) is 2.57. The quantitative estimate of drug-likeness (QED) is 0.614. The molecule has 1 heterocycles. The number of nitrogen functional groups attached to an aromatic ring is 1. The van der Waals surface area contributed by atoms with Crippen LogP contribution in [0.5, 0.6) is 0 Å². The molecule has 0 radical (unpaired) electrons. The minimum atomic E-state index is -0.505. The Morgan fingerprint density at radius 3 is 2.58 bits per heavy atom. The Labute approximate surface area is 148 Å². The highest BCUT2D eigenvalue weighted by Crippen LogP contribution is 2.19. The number of nitrogens with zero attached hydrogens (tertiary/aromatic N) is 2. The van der Waals surface area contributed by atoms with Crippen molar-refractivity contribution in [2.75, 3.05) is 23.7 Å². The largest absolute Gasteiger partial charge is 0.383 e. The van der Waals surface area contributed by atoms with E-state index in [0.717, 1.165) is 19.3 Å². The molecule has 24 heavy (non-hydrogen) atoms. The summed E-state index contributed by atoms with van der Waals surface area (Å²) < 4.78 is 1.41. The molecule has 0 fully saturated rings. The van der Waals surface area contributed by atoms with Crippen LogP contribution in [0.1, 0.15) is 47.0 Å². The predicted molar refractivity (Wildman–Crippen MR) is 104 cm³/mol. The summed E-state index contributed by atoms with van der Waals surface area (Å²) in [5, 5.41) is 3.50. The van der Waals surface area contributed by atoms with Gasteiger partial charge in [-0.2, -0.15) is 0 Å². The van der Waals surface area contributed by atoms with E-state index in [1.54, 1.807) is 4.90 Å². The van der Waals surface area contributed by atoms with Gasteiger partial charge in [-0.05, 0) is 37.9 Å². The van der Waals surface area contributed by atoms with Crippen LogP contribution in [0, 0.1) is 5.92 Å². The van der Waals surface area contributed by atoms with Gasteiger partial charge in [-0.15, -0.1) is 0 Å². The Kier molecular flexibility index (Phi) is 7.97. The van der Waals surface area contributed by atoms with Crippen molar-refractivity contribution in [3.63, 3.8) is 0 Å². The molecule has 0 bridgehead atoms. The zero-order valence-corrected chi connectivity index (χ0v) is 15.8. The van der Waals surface area contributed by atoms with Gasteiger partial charge < -0.3 is 16.0 Å². The number of thiocarbonyl (C=S) groups is 1. The van der Waals surface area contributed by atoms with Crippen LogP contribution in [0.3, 0.4) is 0 Å². The van der Waals surface area contributed by atoms with Gasteiger partial charge in [0.15, 0.2) is 10.8 Å². The average Bonchev–Trinajstić information content (AvgIpc) is 2.50. The maximum absolute atomic E-state index is 12.4. The first-order chi connectivity index (χ1) is 11.3. The van der Waals surface area contributed by atoms with Crippen molar-refractivity contribution in [3.05, 3.63) is 20.8 Å². The van der Waals surface area contributed by atoms with Crippen LogP contribution in [-0.4, -0.2) is 27.8 Å². The summed E-state index contributed by atoms with van der Waals surface area (Å²) in [6.45, 7) is 9.84. The van der Waals surface area contributed by atoms with E-state index in [0.29, 0.717) is 30.7 Å². The Balaban J connectivity index is 3.37. The van der Waals surface area contributed by atoms with E-state index in [4.69, 9.17) is 18.0 Å². The summed E-state index contributed by atoms with van der Waals surface area (Å²) in [4.78, 5) is 28.5. The molecule has 0 atom stereocenters. The standard InChI is InChI=1S/C16H29N5O2S/c1-5-7-9-21-13(17)12(14(22)19-15(21)23)20(10-8-11(3)4)16(24)18-6-2/h11H,5-10,17H2,1-4H3,(H,18,24)(H,19,22,23). The van der Waals surface area contributed by atoms with Gasteiger partial charge in [0.25, 0.3) is 5.56 Å². The molecular weight excluding hydrogens is 326 g/mol. The topological polar surface area (TPSA) is 96.2 Å². The normalized spacial score (nSPS) is 10.9. The Hall–Kier alpha value is -1.83. The smallest absolute Gasteiger partial charge is 0.330 e. The number of aromatic amines is 1. The monoisotopic (exact) mass is 355 g/mol. The van der Waals surface area contributed by atoms with E-state index in [1.807, 2.05) is 13.8 Å². The number of anilines is 2. The van der Waals surface area contributed by atoms with Gasteiger partial charge in [-0.25, -0.2) is 4.79 Å². The summed E-state index contributed by atoms with van der Waals surface area (Å²) in [5.74, 6) is 0.615. The molecule has 8 heteroatoms. The minimum absolute atomic E-state index is 0.168. The van der Waals surface area contributed by atoms with Crippen LogP contribution in [0.15, 0.2) is 9.59 Å². The molecule has 0 aliphatic carbocycles. The maximum atomic E-state index is 12.4. The lowest BCUT2D eigenvalue weighted by atomic mass is 10.1. The van der Waals surface area contributed by atoms with Crippen molar-refractivity contribution in [2.45, 2.75) is 53.5 Å². The third kappa shape index (κ3) is 5.09. The molecule has 1 rings (SSSR count). The average molecular weight is 356 g/mol. The predicted octanol–water partition coefficient (Wildman–Crippen LogP) is 1.67. The van der Waals surface area contributed by atoms with Gasteiger partial charge in [0.05, 0.1) is 0 Å². The number of rotatable bonds is 8. The third-order valence-electron chi connectivity index (χ3n) is 3.72. The molecule has 0 aliphatic heterocycles. The summed E-state index contributed by atoms with van der Waals surface area (Å²) >= 11 is 5.41. The van der Waals surface area contributed by atoms with Crippen LogP contribution in [0.25, 0.3) is 0 Å². The molecule has 0 aliphatic rings. The zero-order valence-electron chi connectivity index (χ0n) is 15.0. The first kappa shape index (κ1) is 20.2. The molecular formula is C16H29N5O2S. The molecule has 4 N–H and O–H groups in total. The van der Waals surface area contributed by atoms with Gasteiger partial charge in [0.2, 0.25) is 0 Å². The number of aromatic nitrogens is 2. The van der Waals surface area contributed by atoms with Crippen LogP contribution in [-0.2, 0) is 6.54 Å². The highest BCUT2D eigenvalue weighted by molar-refractivity contribution is 7.80. The number of hydrogen-bond acceptors (Lipinski definition) is 4. The molecule has 136 valence electrons. The Morgan fingerprint density at radius 1 is 1.38 bits per heavy atom. The lowest BCUT2D eigenvalue weighted by Gasteiger charge is -2.27. The lowest BCUT2D eigenvalue weighted by molar-refractivity contribution is 0.586. The molecule has 7 nitrogen and oxygen atoms in total. The van der Waals surface area contributed by atoms with E-state index >= 15 is 0 Å². The molecule has 0 saturated carbocycles. The van der Waals surface area contributed by atoms with Crippen molar-refractivity contribution in [3.8, 4) is 0 Å². The van der Waals surface area contributed by atoms with Gasteiger partial charge >= 0.3 is 5.69 Å². The highest BCUT2D eigenvalue weighted by Gasteiger charge is 2.21. The van der Waals surface area contributed by atoms with Crippen molar-refractivity contribution in [1.29, 1.82) is 0 Å². The number of nitrogens with two attached hydrogens (primary N) is 1. The minimum Gasteiger partial charge on any atom is -0.383 e. The zero-order chi connectivity index (χ0) is 18.3. The molecule has 0 unspecified atom stereocenters. The fourth-order valence-electron chi connectivity index (χ4n) is 2.33. The van der Waals surface area contributed by atoms with Crippen molar-refractivity contribution >= 4 is 28.8 Å². The number of H-pyrrole nitrogens is 1. The van der Waals surface area contributed by atoms with E-state index in [9.17, 15) is 9.59 Å². The second-order valence-electron chi connectivity index (χ2n) is 6.17. The van der Waals surface area contributed by atoms with Crippen LogP contribution >= 0.6 is 12.2 Å². The van der Waals surface area contributed by atoms with E-state index in [1.165, 1.54) is 4.57 Å². The number of nitrogens with one attached hydrogen (secondary N) is 2. The van der Waals surface area contributed by atoms with Crippen LogP contribution in [0.2, 0.25) is 0 Å². The molecule has 0 spiro atoms. The second kappa shape index (κ2) is 9.46. The molecule has 1 aromatic rings. The molecule has 1 aromatic heterocycles. The summed E-state index contributed by atoms with van der Waals surface area (Å²) in [7, 11) is 0. The fourth-order valence-corrected chi connectivity index (χ4v) is 2.65. The lowest BCUT2D eigenvalue weighted by Crippen LogP contribution is -2.46. The fraction of sp³-hybridized carbons (Fsp3) is 0.688. The first-order valence-electron chi connectivity index (χ1n) is 8.51. The van der Waals surface area contributed by atoms with E-state index in [-0.39, 0.29) is 11.5 Å². The maximum Gasteiger partial charge on any atom is 0.330 e. The van der Waals surface area contributed by atoms with Gasteiger partial charge in [0, 0.05) is 19.6 Å². The number of unbranched alkanes of at least 4 members (excludes halogenated alkanes) is 1. The van der Waals surface area contributed by atoms with Crippen molar-refractivity contribution in [2.24, 2.45) is 5.92 Å². The summed E-state index contributed by atoms with van der Waals surface area (Å²) in [6, 6.07) is 0. The van der Waals surface area contributed by atoms with E-state index in [2.05, 4.69) is 24.1 Å². The van der Waals surface area contributed by atoms with Gasteiger partial charge in [0.1, 0.15) is 5.82 Å². The third-order valence-corrected chi connectivity index (χ3v) is 4.09. The van der Waals surface area contributed by atoms with Crippen molar-refractivity contribution in [1.82, 2.24) is 14.9 Å². The summed E-state index contributed by atoms with van der Waals surface area (Å²) in [5.41, 5.74) is 5.44.